The van der Waals surface area contributed by atoms with Crippen molar-refractivity contribution in [3.05, 3.63) is 94.0 Å². The highest BCUT2D eigenvalue weighted by Gasteiger charge is 2.33. The lowest BCUT2D eigenvalue weighted by molar-refractivity contribution is -0.139. The zero-order chi connectivity index (χ0) is 28.9. The Hall–Kier alpha value is -3.17. The lowest BCUT2D eigenvalue weighted by Gasteiger charge is -2.32. The fourth-order valence-electron chi connectivity index (χ4n) is 5.10. The van der Waals surface area contributed by atoms with Gasteiger partial charge in [-0.2, -0.15) is 0 Å². The van der Waals surface area contributed by atoms with E-state index in [1.807, 2.05) is 44.2 Å². The number of carbonyl (C=O) groups is 2. The first-order valence-electron chi connectivity index (χ1n) is 13.5. The molecule has 1 N–H and O–H groups in total. The van der Waals surface area contributed by atoms with Crippen molar-refractivity contribution < 1.29 is 18.0 Å². The van der Waals surface area contributed by atoms with E-state index in [9.17, 15) is 18.0 Å². The Morgan fingerprint density at radius 3 is 2.15 bits per heavy atom. The summed E-state index contributed by atoms with van der Waals surface area (Å²) in [5.41, 5.74) is 3.00. The first-order chi connectivity index (χ1) is 19.0. The Kier molecular flexibility index (Phi) is 9.68. The van der Waals surface area contributed by atoms with E-state index in [0.717, 1.165) is 51.2 Å². The zero-order valence-electron chi connectivity index (χ0n) is 23.1. The molecule has 3 aromatic rings. The molecule has 0 spiro atoms. The van der Waals surface area contributed by atoms with E-state index in [1.165, 1.54) is 17.0 Å². The second kappa shape index (κ2) is 13.0. The van der Waals surface area contributed by atoms with Crippen molar-refractivity contribution in [3.63, 3.8) is 0 Å². The van der Waals surface area contributed by atoms with Gasteiger partial charge in [-0.1, -0.05) is 65.2 Å². The molecule has 0 aliphatic heterocycles. The summed E-state index contributed by atoms with van der Waals surface area (Å²) < 4.78 is 29.9. The Morgan fingerprint density at radius 2 is 1.55 bits per heavy atom. The lowest BCUT2D eigenvalue weighted by atomic mass is 10.1. The number of hydrogen-bond acceptors (Lipinski definition) is 4. The molecule has 1 atom stereocenters. The maximum atomic E-state index is 14.1. The van der Waals surface area contributed by atoms with Crippen molar-refractivity contribution in [3.8, 4) is 0 Å². The highest BCUT2D eigenvalue weighted by molar-refractivity contribution is 9.10. The van der Waals surface area contributed by atoms with Crippen molar-refractivity contribution in [2.75, 3.05) is 10.8 Å². The molecule has 0 aromatic heterocycles. The quantitative estimate of drug-likeness (QED) is 0.311. The molecule has 1 fully saturated rings. The van der Waals surface area contributed by atoms with Crippen molar-refractivity contribution in [1.29, 1.82) is 0 Å². The second-order valence-electron chi connectivity index (χ2n) is 10.5. The van der Waals surface area contributed by atoms with Crippen LogP contribution < -0.4 is 9.62 Å². The molecule has 1 unspecified atom stereocenters. The monoisotopic (exact) mass is 625 g/mol. The number of amides is 2. The number of nitrogens with zero attached hydrogens (tertiary/aromatic N) is 2. The van der Waals surface area contributed by atoms with E-state index in [0.29, 0.717) is 5.69 Å². The Labute approximate surface area is 245 Å². The largest absolute Gasteiger partial charge is 0.352 e. The van der Waals surface area contributed by atoms with Gasteiger partial charge in [-0.25, -0.2) is 8.42 Å². The predicted molar refractivity (Wildman–Crippen MR) is 161 cm³/mol. The molecular weight excluding hydrogens is 590 g/mol. The molecule has 2 amide bonds. The van der Waals surface area contributed by atoms with Gasteiger partial charge in [0.15, 0.2) is 0 Å². The van der Waals surface area contributed by atoms with Crippen LogP contribution in [-0.4, -0.2) is 43.8 Å². The average molecular weight is 627 g/mol. The van der Waals surface area contributed by atoms with E-state index in [-0.39, 0.29) is 23.4 Å². The van der Waals surface area contributed by atoms with Gasteiger partial charge in [0.25, 0.3) is 10.0 Å². The van der Waals surface area contributed by atoms with E-state index in [4.69, 9.17) is 0 Å². The Bertz CT molecular complexity index is 1420. The molecule has 0 bridgehead atoms. The summed E-state index contributed by atoms with van der Waals surface area (Å²) in [5.74, 6) is -0.697. The van der Waals surface area contributed by atoms with Crippen LogP contribution in [0.15, 0.2) is 82.2 Å². The van der Waals surface area contributed by atoms with Crippen LogP contribution in [0.1, 0.15) is 49.3 Å². The molecule has 1 saturated carbocycles. The van der Waals surface area contributed by atoms with Crippen LogP contribution in [0.3, 0.4) is 0 Å². The minimum atomic E-state index is -4.08. The number of nitrogens with one attached hydrogen (secondary N) is 1. The molecule has 3 aromatic carbocycles. The van der Waals surface area contributed by atoms with Crippen LogP contribution in [0.5, 0.6) is 0 Å². The topological polar surface area (TPSA) is 86.8 Å². The fraction of sp³-hybridized carbons (Fsp3) is 0.355. The Balaban J connectivity index is 1.69. The zero-order valence-corrected chi connectivity index (χ0v) is 25.5. The van der Waals surface area contributed by atoms with Gasteiger partial charge in [0.1, 0.15) is 12.6 Å². The summed E-state index contributed by atoms with van der Waals surface area (Å²) >= 11 is 3.44. The molecule has 1 aliphatic rings. The van der Waals surface area contributed by atoms with Gasteiger partial charge in [-0.15, -0.1) is 0 Å². The van der Waals surface area contributed by atoms with Crippen LogP contribution in [-0.2, 0) is 26.2 Å². The van der Waals surface area contributed by atoms with Crippen molar-refractivity contribution in [1.82, 2.24) is 10.2 Å². The van der Waals surface area contributed by atoms with Gasteiger partial charge >= 0.3 is 0 Å². The first-order valence-corrected chi connectivity index (χ1v) is 15.8. The first kappa shape index (κ1) is 29.8. The van der Waals surface area contributed by atoms with Gasteiger partial charge < -0.3 is 10.2 Å². The minimum Gasteiger partial charge on any atom is -0.352 e. The summed E-state index contributed by atoms with van der Waals surface area (Å²) in [5, 5.41) is 3.09. The third-order valence-electron chi connectivity index (χ3n) is 7.24. The number of sulfonamides is 1. The van der Waals surface area contributed by atoms with Crippen LogP contribution in [0.25, 0.3) is 0 Å². The lowest BCUT2D eigenvalue weighted by Crippen LogP contribution is -2.52. The number of rotatable bonds is 10. The number of anilines is 1. The van der Waals surface area contributed by atoms with Crippen molar-refractivity contribution in [2.45, 2.75) is 70.0 Å². The molecule has 212 valence electrons. The molecule has 0 radical (unpaired) electrons. The van der Waals surface area contributed by atoms with Crippen molar-refractivity contribution in [2.24, 2.45) is 0 Å². The molecule has 9 heteroatoms. The number of halogens is 1. The van der Waals surface area contributed by atoms with Gasteiger partial charge in [0.2, 0.25) is 11.8 Å². The standard InChI is InChI=1S/C31H36BrN3O4S/c1-22-17-23(2)19-28(18-22)35(40(38,39)29-11-5-4-6-12-29)21-30(36)34(20-25-13-15-26(32)16-14-25)24(3)31(37)33-27-9-7-8-10-27/h4-6,11-19,24,27H,7-10,20-21H2,1-3H3,(H,33,37). The third-order valence-corrected chi connectivity index (χ3v) is 9.56. The van der Waals surface area contributed by atoms with Gasteiger partial charge in [0.05, 0.1) is 10.6 Å². The highest BCUT2D eigenvalue weighted by atomic mass is 79.9. The maximum absolute atomic E-state index is 14.1. The number of hydrogen-bond donors (Lipinski definition) is 1. The second-order valence-corrected chi connectivity index (χ2v) is 13.3. The maximum Gasteiger partial charge on any atom is 0.264 e. The Morgan fingerprint density at radius 1 is 0.950 bits per heavy atom. The van der Waals surface area contributed by atoms with Crippen LogP contribution in [0.2, 0.25) is 0 Å². The van der Waals surface area contributed by atoms with Crippen LogP contribution in [0, 0.1) is 13.8 Å². The minimum absolute atomic E-state index is 0.0912. The molecule has 0 heterocycles. The van der Waals surface area contributed by atoms with E-state index >= 15 is 0 Å². The summed E-state index contributed by atoms with van der Waals surface area (Å²) in [6.45, 7) is 5.20. The molecule has 0 saturated heterocycles. The highest BCUT2D eigenvalue weighted by Crippen LogP contribution is 2.27. The molecule has 7 nitrogen and oxygen atoms in total. The average Bonchev–Trinajstić information content (AvgIpc) is 3.43. The van der Waals surface area contributed by atoms with E-state index < -0.39 is 28.5 Å². The summed E-state index contributed by atoms with van der Waals surface area (Å²) in [4.78, 5) is 28.9. The summed E-state index contributed by atoms with van der Waals surface area (Å²) in [6, 6.07) is 20.4. The smallest absolute Gasteiger partial charge is 0.264 e. The van der Waals surface area contributed by atoms with Crippen LogP contribution in [0.4, 0.5) is 5.69 Å². The predicted octanol–water partition coefficient (Wildman–Crippen LogP) is 5.74. The molecular formula is C31H36BrN3O4S. The molecule has 40 heavy (non-hydrogen) atoms. The third kappa shape index (κ3) is 7.31. The van der Waals surface area contributed by atoms with E-state index in [1.54, 1.807) is 37.3 Å². The number of carbonyl (C=O) groups excluding carboxylic acids is 2. The normalized spacial score (nSPS) is 14.5. The van der Waals surface area contributed by atoms with Crippen molar-refractivity contribution >= 4 is 43.5 Å². The summed E-state index contributed by atoms with van der Waals surface area (Å²) in [7, 11) is -4.08. The van der Waals surface area contributed by atoms with E-state index in [2.05, 4.69) is 21.2 Å². The number of aryl methyl sites for hydroxylation is 2. The fourth-order valence-corrected chi connectivity index (χ4v) is 6.79. The molecule has 4 rings (SSSR count). The summed E-state index contributed by atoms with van der Waals surface area (Å²) in [6.07, 6.45) is 4.00. The van der Waals surface area contributed by atoms with Gasteiger partial charge in [-0.05, 0) is 86.7 Å². The van der Waals surface area contributed by atoms with Gasteiger partial charge in [-0.3, -0.25) is 13.9 Å². The van der Waals surface area contributed by atoms with Gasteiger partial charge in [0, 0.05) is 17.1 Å². The number of benzene rings is 3. The molecule has 1 aliphatic carbocycles. The SMILES string of the molecule is Cc1cc(C)cc(N(CC(=O)N(Cc2ccc(Br)cc2)C(C)C(=O)NC2CCCC2)S(=O)(=O)c2ccccc2)c1. The van der Waals surface area contributed by atoms with Crippen LogP contribution >= 0.6 is 15.9 Å².